The predicted octanol–water partition coefficient (Wildman–Crippen LogP) is 1.44. The van der Waals surface area contributed by atoms with E-state index < -0.39 is 12.0 Å². The number of hydrogen-bond acceptors (Lipinski definition) is 5. The normalized spacial score (nSPS) is 22.8. The lowest BCUT2D eigenvalue weighted by Crippen LogP contribution is -2.51. The maximum absolute atomic E-state index is 13.0. The zero-order valence-corrected chi connectivity index (χ0v) is 16.6. The number of nitrogens with zero attached hydrogens (tertiary/aromatic N) is 3. The van der Waals surface area contributed by atoms with E-state index in [1.165, 1.54) is 0 Å². The van der Waals surface area contributed by atoms with E-state index in [9.17, 15) is 19.2 Å². The van der Waals surface area contributed by atoms with Gasteiger partial charge in [-0.2, -0.15) is 0 Å². The first-order chi connectivity index (χ1) is 13.5. The summed E-state index contributed by atoms with van der Waals surface area (Å²) in [4.78, 5) is 55.5. The van der Waals surface area contributed by atoms with Crippen LogP contribution in [0.2, 0.25) is 0 Å². The molecule has 3 heterocycles. The summed E-state index contributed by atoms with van der Waals surface area (Å²) in [5.74, 6) is -0.379. The number of hydrogen-bond donors (Lipinski definition) is 0. The average Bonchev–Trinajstić information content (AvgIpc) is 3.45. The molecule has 0 N–H and O–H groups in total. The number of likely N-dealkylation sites (tertiary alicyclic amines) is 1. The minimum atomic E-state index is -0.560. The average molecular weight is 401 g/mol. The Morgan fingerprint density at radius 2 is 1.71 bits per heavy atom. The molecule has 2 fully saturated rings. The van der Waals surface area contributed by atoms with Gasteiger partial charge in [0, 0.05) is 25.4 Å². The van der Waals surface area contributed by atoms with E-state index in [0.29, 0.717) is 22.8 Å². The van der Waals surface area contributed by atoms with Crippen LogP contribution in [0.5, 0.6) is 0 Å². The van der Waals surface area contributed by atoms with Gasteiger partial charge in [-0.25, -0.2) is 0 Å². The maximum Gasteiger partial charge on any atom is 0.261 e. The van der Waals surface area contributed by atoms with Crippen molar-refractivity contribution < 1.29 is 19.2 Å². The minimum absolute atomic E-state index is 0.0174. The molecule has 3 aliphatic heterocycles. The smallest absolute Gasteiger partial charge is 0.261 e. The largest absolute Gasteiger partial charge is 0.341 e. The van der Waals surface area contributed by atoms with E-state index in [2.05, 4.69) is 0 Å². The summed E-state index contributed by atoms with van der Waals surface area (Å²) in [6, 6.07) is 6.25. The standard InChI is InChI=1S/C20H23N3O4S/c1-13(10-22-18(25)14-6-2-3-7-15(14)19(22)26)17(24)23-12-28-11-16(23)20(27)21-8-4-5-9-21/h2-3,6-7,13,16H,4-5,8-12H2,1H3/t13?,16-/m0/s1. The molecule has 148 valence electrons. The van der Waals surface area contributed by atoms with Crippen molar-refractivity contribution in [1.82, 2.24) is 14.7 Å². The van der Waals surface area contributed by atoms with Crippen molar-refractivity contribution in [3.05, 3.63) is 35.4 Å². The molecule has 1 aromatic rings. The fraction of sp³-hybridized carbons (Fsp3) is 0.500. The summed E-state index contributed by atoms with van der Waals surface area (Å²) >= 11 is 1.57. The van der Waals surface area contributed by atoms with Crippen molar-refractivity contribution in [3.8, 4) is 0 Å². The summed E-state index contributed by atoms with van der Waals surface area (Å²) < 4.78 is 0. The van der Waals surface area contributed by atoms with Crippen LogP contribution < -0.4 is 0 Å². The Kier molecular flexibility index (Phi) is 5.14. The molecule has 0 bridgehead atoms. The molecule has 0 saturated carbocycles. The van der Waals surface area contributed by atoms with Crippen LogP contribution in [0.15, 0.2) is 24.3 Å². The lowest BCUT2D eigenvalue weighted by molar-refractivity contribution is -0.144. The Hall–Kier alpha value is -2.35. The van der Waals surface area contributed by atoms with Crippen LogP contribution in [-0.2, 0) is 9.59 Å². The van der Waals surface area contributed by atoms with Crippen molar-refractivity contribution in [2.24, 2.45) is 5.92 Å². The highest BCUT2D eigenvalue weighted by Crippen LogP contribution is 2.28. The van der Waals surface area contributed by atoms with Crippen LogP contribution in [0.3, 0.4) is 0 Å². The van der Waals surface area contributed by atoms with E-state index in [1.807, 2.05) is 4.90 Å². The molecule has 1 aromatic carbocycles. The third-order valence-electron chi connectivity index (χ3n) is 5.62. The first kappa shape index (κ1) is 19.0. The van der Waals surface area contributed by atoms with Crippen molar-refractivity contribution >= 4 is 35.4 Å². The van der Waals surface area contributed by atoms with Gasteiger partial charge in [0.05, 0.1) is 22.9 Å². The van der Waals surface area contributed by atoms with Gasteiger partial charge in [0.25, 0.3) is 11.8 Å². The van der Waals surface area contributed by atoms with Gasteiger partial charge in [0.1, 0.15) is 6.04 Å². The first-order valence-corrected chi connectivity index (χ1v) is 10.8. The van der Waals surface area contributed by atoms with Gasteiger partial charge < -0.3 is 9.80 Å². The SMILES string of the molecule is CC(CN1C(=O)c2ccccc2C1=O)C(=O)N1CSC[C@H]1C(=O)N1CCCC1. The number of thioether (sulfide) groups is 1. The van der Waals surface area contributed by atoms with E-state index >= 15 is 0 Å². The van der Waals surface area contributed by atoms with Crippen molar-refractivity contribution in [2.45, 2.75) is 25.8 Å². The minimum Gasteiger partial charge on any atom is -0.341 e. The molecule has 4 amide bonds. The molecule has 8 heteroatoms. The summed E-state index contributed by atoms with van der Waals surface area (Å²) in [7, 11) is 0. The van der Waals surface area contributed by atoms with E-state index in [1.54, 1.807) is 47.9 Å². The van der Waals surface area contributed by atoms with Crippen molar-refractivity contribution in [2.75, 3.05) is 31.3 Å². The second-order valence-corrected chi connectivity index (χ2v) is 8.52. The van der Waals surface area contributed by atoms with Gasteiger partial charge >= 0.3 is 0 Å². The van der Waals surface area contributed by atoms with Gasteiger partial charge in [0.15, 0.2) is 0 Å². The Bertz CT molecular complexity index is 801. The van der Waals surface area contributed by atoms with Crippen molar-refractivity contribution in [3.63, 3.8) is 0 Å². The molecule has 1 unspecified atom stereocenters. The monoisotopic (exact) mass is 401 g/mol. The molecule has 0 spiro atoms. The summed E-state index contributed by atoms with van der Waals surface area (Å²) in [6.07, 6.45) is 2.02. The van der Waals surface area contributed by atoms with Gasteiger partial charge in [-0.05, 0) is 25.0 Å². The fourth-order valence-corrected chi connectivity index (χ4v) is 5.21. The maximum atomic E-state index is 13.0. The molecule has 2 atom stereocenters. The number of amides is 4. The van der Waals surface area contributed by atoms with Gasteiger partial charge in [-0.1, -0.05) is 19.1 Å². The molecule has 0 aromatic heterocycles. The summed E-state index contributed by atoms with van der Waals surface area (Å²) in [6.45, 7) is 3.25. The van der Waals surface area contributed by atoms with Crippen LogP contribution in [0.4, 0.5) is 0 Å². The molecular formula is C20H23N3O4S. The molecule has 28 heavy (non-hydrogen) atoms. The van der Waals surface area contributed by atoms with Gasteiger partial charge in [-0.15, -0.1) is 11.8 Å². The lowest BCUT2D eigenvalue weighted by Gasteiger charge is -2.29. The van der Waals surface area contributed by atoms with E-state index in [0.717, 1.165) is 30.8 Å². The number of carbonyl (C=O) groups is 4. The first-order valence-electron chi connectivity index (χ1n) is 9.61. The number of rotatable bonds is 4. The zero-order chi connectivity index (χ0) is 19.8. The highest BCUT2D eigenvalue weighted by molar-refractivity contribution is 7.99. The number of carbonyl (C=O) groups excluding carboxylic acids is 4. The predicted molar refractivity (Wildman–Crippen MR) is 105 cm³/mol. The van der Waals surface area contributed by atoms with E-state index in [4.69, 9.17) is 0 Å². The Morgan fingerprint density at radius 3 is 2.32 bits per heavy atom. The zero-order valence-electron chi connectivity index (χ0n) is 15.8. The Balaban J connectivity index is 1.44. The Morgan fingerprint density at radius 1 is 1.11 bits per heavy atom. The number of fused-ring (bicyclic) bond motifs is 1. The molecule has 3 aliphatic rings. The quantitative estimate of drug-likeness (QED) is 0.714. The summed E-state index contributed by atoms with van der Waals surface area (Å²) in [5.41, 5.74) is 0.761. The van der Waals surface area contributed by atoms with Crippen LogP contribution in [0.1, 0.15) is 40.5 Å². The lowest BCUT2D eigenvalue weighted by atomic mass is 10.1. The van der Waals surface area contributed by atoms with Crippen LogP contribution >= 0.6 is 11.8 Å². The highest BCUT2D eigenvalue weighted by Gasteiger charge is 2.41. The van der Waals surface area contributed by atoms with Crippen LogP contribution in [-0.4, -0.2) is 75.6 Å². The third-order valence-corrected chi connectivity index (χ3v) is 6.64. The molecule has 0 radical (unpaired) electrons. The molecule has 4 rings (SSSR count). The second-order valence-electron chi connectivity index (χ2n) is 7.52. The fourth-order valence-electron chi connectivity index (χ4n) is 4.05. The molecule has 0 aliphatic carbocycles. The highest BCUT2D eigenvalue weighted by atomic mass is 32.2. The van der Waals surface area contributed by atoms with Gasteiger partial charge in [-0.3, -0.25) is 24.1 Å². The Labute approximate surface area is 168 Å². The topological polar surface area (TPSA) is 78.0 Å². The number of benzene rings is 1. The third kappa shape index (κ3) is 3.19. The van der Waals surface area contributed by atoms with Crippen LogP contribution in [0.25, 0.3) is 0 Å². The van der Waals surface area contributed by atoms with E-state index in [-0.39, 0.29) is 30.2 Å². The van der Waals surface area contributed by atoms with Gasteiger partial charge in [0.2, 0.25) is 11.8 Å². The van der Waals surface area contributed by atoms with Crippen molar-refractivity contribution in [1.29, 1.82) is 0 Å². The second kappa shape index (κ2) is 7.58. The molecule has 2 saturated heterocycles. The summed E-state index contributed by atoms with van der Waals surface area (Å²) in [5, 5.41) is 0. The molecule has 7 nitrogen and oxygen atoms in total. The molecular weight excluding hydrogens is 378 g/mol. The van der Waals surface area contributed by atoms with Crippen LogP contribution in [0, 0.1) is 5.92 Å². The number of imide groups is 1.